The van der Waals surface area contributed by atoms with Crippen LogP contribution in [0.15, 0.2) is 42.5 Å². The van der Waals surface area contributed by atoms with Gasteiger partial charge < -0.3 is 5.73 Å². The lowest BCUT2D eigenvalue weighted by Crippen LogP contribution is -2.05. The Morgan fingerprint density at radius 2 is 1.83 bits per heavy atom. The van der Waals surface area contributed by atoms with E-state index in [0.29, 0.717) is 17.3 Å². The third-order valence-electron chi connectivity index (χ3n) is 4.30. The first-order chi connectivity index (χ1) is 8.64. The van der Waals surface area contributed by atoms with Crippen molar-refractivity contribution < 1.29 is 0 Å². The molecule has 0 spiro atoms. The van der Waals surface area contributed by atoms with Crippen LogP contribution in [0.1, 0.15) is 24.6 Å². The second-order valence-corrected chi connectivity index (χ2v) is 6.82. The monoisotopic (exact) mass is 257 g/mol. The zero-order valence-corrected chi connectivity index (χ0v) is 11.7. The Hall–Kier alpha value is -1.12. The van der Waals surface area contributed by atoms with Gasteiger partial charge in [-0.25, -0.2) is 0 Å². The Balaban J connectivity index is 1.88. The van der Waals surface area contributed by atoms with Crippen LogP contribution < -0.4 is 5.73 Å². The summed E-state index contributed by atoms with van der Waals surface area (Å²) in [5.41, 5.74) is 7.56. The van der Waals surface area contributed by atoms with E-state index in [4.69, 9.17) is 5.73 Å². The summed E-state index contributed by atoms with van der Waals surface area (Å²) in [7, 11) is 0. The first kappa shape index (κ1) is 11.9. The topological polar surface area (TPSA) is 26.0 Å². The summed E-state index contributed by atoms with van der Waals surface area (Å²) in [6.45, 7) is 5.46. The van der Waals surface area contributed by atoms with Crippen LogP contribution in [0.4, 0.5) is 0 Å². The summed E-state index contributed by atoms with van der Waals surface area (Å²) in [6, 6.07) is 15.1. The van der Waals surface area contributed by atoms with Gasteiger partial charge in [0.15, 0.2) is 0 Å². The zero-order chi connectivity index (χ0) is 12.8. The molecule has 1 heterocycles. The summed E-state index contributed by atoms with van der Waals surface area (Å²) < 4.78 is 0. The summed E-state index contributed by atoms with van der Waals surface area (Å²) >= 11 is 1.92. The maximum absolute atomic E-state index is 5.86. The highest BCUT2D eigenvalue weighted by Crippen LogP contribution is 2.65. The quantitative estimate of drug-likeness (QED) is 0.879. The molecule has 0 saturated heterocycles. The van der Waals surface area contributed by atoms with Gasteiger partial charge >= 0.3 is 0 Å². The number of hydrogen-bond donors (Lipinski definition) is 1. The average Bonchev–Trinajstić information content (AvgIpc) is 2.77. The lowest BCUT2D eigenvalue weighted by molar-refractivity contribution is 0.559. The van der Waals surface area contributed by atoms with Crippen molar-refractivity contribution in [3.63, 3.8) is 0 Å². The summed E-state index contributed by atoms with van der Waals surface area (Å²) in [4.78, 5) is 2.86. The van der Waals surface area contributed by atoms with Crippen LogP contribution in [-0.2, 0) is 0 Å². The number of hydrogen-bond acceptors (Lipinski definition) is 2. The zero-order valence-electron chi connectivity index (χ0n) is 10.9. The van der Waals surface area contributed by atoms with Crippen LogP contribution in [0.25, 0.3) is 10.4 Å². The molecule has 0 bridgehead atoms. The Labute approximate surface area is 113 Å². The molecule has 2 heteroatoms. The van der Waals surface area contributed by atoms with Gasteiger partial charge in [-0.3, -0.25) is 0 Å². The summed E-state index contributed by atoms with van der Waals surface area (Å²) in [5.74, 6) is 1.31. The van der Waals surface area contributed by atoms with Crippen molar-refractivity contribution in [1.82, 2.24) is 0 Å². The molecule has 0 radical (unpaired) electrons. The van der Waals surface area contributed by atoms with Crippen LogP contribution in [0.5, 0.6) is 0 Å². The molecule has 18 heavy (non-hydrogen) atoms. The Morgan fingerprint density at radius 3 is 2.44 bits per heavy atom. The lowest BCUT2D eigenvalue weighted by atomic mass is 10.1. The minimum Gasteiger partial charge on any atom is -0.330 e. The van der Waals surface area contributed by atoms with E-state index in [0.717, 1.165) is 6.54 Å². The van der Waals surface area contributed by atoms with E-state index >= 15 is 0 Å². The molecule has 2 atom stereocenters. The first-order valence-corrected chi connectivity index (χ1v) is 7.31. The van der Waals surface area contributed by atoms with Crippen molar-refractivity contribution in [1.29, 1.82) is 0 Å². The first-order valence-electron chi connectivity index (χ1n) is 6.50. The van der Waals surface area contributed by atoms with Crippen LogP contribution in [0.3, 0.4) is 0 Å². The number of thiophene rings is 1. The highest BCUT2D eigenvalue weighted by molar-refractivity contribution is 7.15. The number of rotatable bonds is 3. The average molecular weight is 257 g/mol. The van der Waals surface area contributed by atoms with Crippen LogP contribution in [0.2, 0.25) is 0 Å². The van der Waals surface area contributed by atoms with E-state index in [1.165, 1.54) is 15.3 Å². The molecular weight excluding hydrogens is 238 g/mol. The van der Waals surface area contributed by atoms with Gasteiger partial charge in [0.1, 0.15) is 0 Å². The smallest absolute Gasteiger partial charge is 0.0345 e. The van der Waals surface area contributed by atoms with Crippen LogP contribution >= 0.6 is 11.3 Å². The lowest BCUT2D eigenvalue weighted by Gasteiger charge is -1.99. The summed E-state index contributed by atoms with van der Waals surface area (Å²) in [6.07, 6.45) is 0. The maximum Gasteiger partial charge on any atom is 0.0345 e. The molecule has 1 aromatic heterocycles. The molecule has 1 aliphatic carbocycles. The highest BCUT2D eigenvalue weighted by atomic mass is 32.1. The van der Waals surface area contributed by atoms with Crippen molar-refractivity contribution in [2.24, 2.45) is 17.1 Å². The van der Waals surface area contributed by atoms with Gasteiger partial charge in [0.25, 0.3) is 0 Å². The van der Waals surface area contributed by atoms with Crippen molar-refractivity contribution in [3.05, 3.63) is 47.3 Å². The molecule has 3 rings (SSSR count). The van der Waals surface area contributed by atoms with Gasteiger partial charge in [0, 0.05) is 15.7 Å². The Kier molecular flexibility index (Phi) is 2.80. The van der Waals surface area contributed by atoms with Gasteiger partial charge in [-0.1, -0.05) is 44.2 Å². The fourth-order valence-electron chi connectivity index (χ4n) is 3.03. The van der Waals surface area contributed by atoms with E-state index in [1.807, 2.05) is 11.3 Å². The molecule has 1 fully saturated rings. The third-order valence-corrected chi connectivity index (χ3v) is 5.51. The molecule has 2 aromatic rings. The summed E-state index contributed by atoms with van der Waals surface area (Å²) in [5, 5.41) is 0. The van der Waals surface area contributed by atoms with E-state index in [9.17, 15) is 0 Å². The maximum atomic E-state index is 5.86. The second-order valence-electron chi connectivity index (χ2n) is 5.71. The van der Waals surface area contributed by atoms with Gasteiger partial charge in [-0.2, -0.15) is 0 Å². The van der Waals surface area contributed by atoms with Gasteiger partial charge in [0.05, 0.1) is 0 Å². The van der Waals surface area contributed by atoms with E-state index in [1.54, 1.807) is 0 Å². The minimum absolute atomic E-state index is 0.383. The molecular formula is C16H19NS. The Morgan fingerprint density at radius 1 is 1.11 bits per heavy atom. The van der Waals surface area contributed by atoms with E-state index in [-0.39, 0.29) is 0 Å². The van der Waals surface area contributed by atoms with E-state index in [2.05, 4.69) is 56.3 Å². The molecule has 1 nitrogen and oxygen atoms in total. The molecule has 94 valence electrons. The Bertz CT molecular complexity index is 541. The standard InChI is InChI=1S/C16H19NS/c1-16(2)12(10-17)15(16)14-9-8-13(18-14)11-6-4-3-5-7-11/h3-9,12,15H,10,17H2,1-2H3. The minimum atomic E-state index is 0.383. The van der Waals surface area contributed by atoms with Gasteiger partial charge in [-0.15, -0.1) is 11.3 Å². The highest BCUT2D eigenvalue weighted by Gasteiger charge is 2.57. The molecule has 1 aromatic carbocycles. The van der Waals surface area contributed by atoms with E-state index < -0.39 is 0 Å². The van der Waals surface area contributed by atoms with Crippen LogP contribution in [-0.4, -0.2) is 6.54 Å². The van der Waals surface area contributed by atoms with Crippen molar-refractivity contribution in [2.75, 3.05) is 6.54 Å². The molecule has 1 aliphatic rings. The fraction of sp³-hybridized carbons (Fsp3) is 0.375. The fourth-order valence-corrected chi connectivity index (χ4v) is 4.40. The van der Waals surface area contributed by atoms with Crippen molar-refractivity contribution in [3.8, 4) is 10.4 Å². The molecule has 1 saturated carbocycles. The molecule has 2 unspecified atom stereocenters. The number of nitrogens with two attached hydrogens (primary N) is 1. The SMILES string of the molecule is CC1(C)C(CN)C1c1ccc(-c2ccccc2)s1. The third kappa shape index (κ3) is 1.80. The normalized spacial score (nSPS) is 25.1. The van der Waals surface area contributed by atoms with Crippen LogP contribution in [0, 0.1) is 11.3 Å². The molecule has 0 aliphatic heterocycles. The molecule has 2 N–H and O–H groups in total. The van der Waals surface area contributed by atoms with Crippen molar-refractivity contribution >= 4 is 11.3 Å². The second kappa shape index (κ2) is 4.22. The van der Waals surface area contributed by atoms with Gasteiger partial charge in [-0.05, 0) is 35.6 Å². The number of benzene rings is 1. The predicted molar refractivity (Wildman–Crippen MR) is 78.8 cm³/mol. The molecule has 0 amide bonds. The van der Waals surface area contributed by atoms with Crippen molar-refractivity contribution in [2.45, 2.75) is 19.8 Å². The van der Waals surface area contributed by atoms with Gasteiger partial charge in [0.2, 0.25) is 0 Å². The largest absolute Gasteiger partial charge is 0.330 e. The predicted octanol–water partition coefficient (Wildman–Crippen LogP) is 4.11.